The minimum absolute atomic E-state index is 0.451. The fourth-order valence-electron chi connectivity index (χ4n) is 1.59. The average molecular weight is 258 g/mol. The van der Waals surface area contributed by atoms with E-state index in [-0.39, 0.29) is 0 Å². The number of rotatable bonds is 2. The Kier molecular flexibility index (Phi) is 2.78. The van der Waals surface area contributed by atoms with Gasteiger partial charge in [0.25, 0.3) is 5.89 Å². The highest BCUT2D eigenvalue weighted by atomic mass is 35.5. The molecule has 2 aromatic heterocycles. The van der Waals surface area contributed by atoms with Gasteiger partial charge in [0.1, 0.15) is 0 Å². The quantitative estimate of drug-likeness (QED) is 0.706. The lowest BCUT2D eigenvalue weighted by Gasteiger charge is -1.96. The van der Waals surface area contributed by atoms with Crippen LogP contribution >= 0.6 is 11.6 Å². The van der Waals surface area contributed by atoms with Gasteiger partial charge < -0.3 is 4.52 Å². The van der Waals surface area contributed by atoms with Crippen molar-refractivity contribution in [2.45, 2.75) is 0 Å². The van der Waals surface area contributed by atoms with Gasteiger partial charge in [0.2, 0.25) is 5.82 Å². The van der Waals surface area contributed by atoms with Crippen LogP contribution in [0.4, 0.5) is 0 Å². The van der Waals surface area contributed by atoms with Crippen LogP contribution in [0.2, 0.25) is 5.02 Å². The highest BCUT2D eigenvalue weighted by Crippen LogP contribution is 2.27. The number of pyridine rings is 1. The second-order valence-electron chi connectivity index (χ2n) is 3.64. The number of benzene rings is 1. The molecule has 1 aromatic carbocycles. The molecule has 0 unspecified atom stereocenters. The third-order valence-electron chi connectivity index (χ3n) is 2.47. The zero-order chi connectivity index (χ0) is 12.4. The summed E-state index contributed by atoms with van der Waals surface area (Å²) in [4.78, 5) is 8.26. The molecule has 18 heavy (non-hydrogen) atoms. The predicted octanol–water partition coefficient (Wildman–Crippen LogP) is 3.45. The van der Waals surface area contributed by atoms with Gasteiger partial charge >= 0.3 is 0 Å². The van der Waals surface area contributed by atoms with Crippen LogP contribution in [0.15, 0.2) is 53.3 Å². The Balaban J connectivity index is 2.03. The van der Waals surface area contributed by atoms with Crippen molar-refractivity contribution in [1.82, 2.24) is 15.1 Å². The Morgan fingerprint density at radius 1 is 1.00 bits per heavy atom. The zero-order valence-corrected chi connectivity index (χ0v) is 10.0. The fraction of sp³-hybridized carbons (Fsp3) is 0. The lowest BCUT2D eigenvalue weighted by Crippen LogP contribution is -1.82. The van der Waals surface area contributed by atoms with Crippen molar-refractivity contribution in [3.63, 3.8) is 0 Å². The fourth-order valence-corrected chi connectivity index (χ4v) is 1.81. The second kappa shape index (κ2) is 4.58. The van der Waals surface area contributed by atoms with E-state index in [0.29, 0.717) is 16.7 Å². The van der Waals surface area contributed by atoms with Gasteiger partial charge in [-0.3, -0.25) is 4.98 Å². The van der Waals surface area contributed by atoms with Crippen LogP contribution in [0, 0.1) is 0 Å². The van der Waals surface area contributed by atoms with Gasteiger partial charge in [-0.1, -0.05) is 28.9 Å². The summed E-state index contributed by atoms with van der Waals surface area (Å²) in [6, 6.07) is 11.0. The number of halogens is 1. The van der Waals surface area contributed by atoms with Gasteiger partial charge in [0, 0.05) is 23.5 Å². The summed E-state index contributed by atoms with van der Waals surface area (Å²) in [5.41, 5.74) is 1.58. The molecule has 0 atom stereocenters. The van der Waals surface area contributed by atoms with E-state index in [1.807, 2.05) is 30.3 Å². The summed E-state index contributed by atoms with van der Waals surface area (Å²) in [5, 5.41) is 4.53. The Morgan fingerprint density at radius 3 is 2.56 bits per heavy atom. The maximum absolute atomic E-state index is 6.08. The molecule has 3 rings (SSSR count). The van der Waals surface area contributed by atoms with Crippen molar-refractivity contribution in [3.05, 3.63) is 53.8 Å². The predicted molar refractivity (Wildman–Crippen MR) is 68.0 cm³/mol. The standard InChI is InChI=1S/C13H8ClN3O/c14-11-4-2-1-3-10(11)12-16-13(18-17-12)9-5-7-15-8-6-9/h1-8H. The Morgan fingerprint density at radius 2 is 1.78 bits per heavy atom. The van der Waals surface area contributed by atoms with Gasteiger partial charge in [-0.2, -0.15) is 4.98 Å². The molecule has 3 aromatic rings. The molecule has 0 fully saturated rings. The SMILES string of the molecule is Clc1ccccc1-c1noc(-c2ccncc2)n1. The van der Waals surface area contributed by atoms with Crippen molar-refractivity contribution in [2.24, 2.45) is 0 Å². The maximum atomic E-state index is 6.08. The van der Waals surface area contributed by atoms with Gasteiger partial charge in [-0.15, -0.1) is 0 Å². The van der Waals surface area contributed by atoms with Gasteiger partial charge in [-0.05, 0) is 24.3 Å². The largest absolute Gasteiger partial charge is 0.334 e. The molecule has 0 spiro atoms. The first-order valence-electron chi connectivity index (χ1n) is 5.33. The van der Waals surface area contributed by atoms with E-state index in [9.17, 15) is 0 Å². The first kappa shape index (κ1) is 10.9. The van der Waals surface area contributed by atoms with Gasteiger partial charge in [0.05, 0.1) is 5.02 Å². The number of hydrogen-bond acceptors (Lipinski definition) is 4. The molecule has 0 amide bonds. The van der Waals surface area contributed by atoms with Crippen LogP contribution in [0.25, 0.3) is 22.8 Å². The molecule has 5 heteroatoms. The third kappa shape index (κ3) is 1.98. The monoisotopic (exact) mass is 257 g/mol. The smallest absolute Gasteiger partial charge is 0.258 e. The van der Waals surface area contributed by atoms with E-state index < -0.39 is 0 Å². The van der Waals surface area contributed by atoms with E-state index in [1.54, 1.807) is 18.5 Å². The van der Waals surface area contributed by atoms with Crippen molar-refractivity contribution >= 4 is 11.6 Å². The average Bonchev–Trinajstić information content (AvgIpc) is 2.90. The Hall–Kier alpha value is -2.20. The first-order chi connectivity index (χ1) is 8.84. The third-order valence-corrected chi connectivity index (χ3v) is 2.80. The molecule has 4 nitrogen and oxygen atoms in total. The van der Waals surface area contributed by atoms with E-state index >= 15 is 0 Å². The molecular formula is C13H8ClN3O. The molecule has 0 aliphatic rings. The molecule has 0 saturated heterocycles. The lowest BCUT2D eigenvalue weighted by atomic mass is 10.2. The highest BCUT2D eigenvalue weighted by molar-refractivity contribution is 6.33. The number of nitrogens with zero attached hydrogens (tertiary/aromatic N) is 3. The van der Waals surface area contributed by atoms with Crippen molar-refractivity contribution < 1.29 is 4.52 Å². The normalized spacial score (nSPS) is 10.5. The minimum Gasteiger partial charge on any atom is -0.334 e. The van der Waals surface area contributed by atoms with E-state index in [0.717, 1.165) is 11.1 Å². The molecule has 0 aliphatic heterocycles. The topological polar surface area (TPSA) is 51.8 Å². The van der Waals surface area contributed by atoms with Gasteiger partial charge in [0.15, 0.2) is 0 Å². The van der Waals surface area contributed by atoms with E-state index in [2.05, 4.69) is 15.1 Å². The second-order valence-corrected chi connectivity index (χ2v) is 4.05. The summed E-state index contributed by atoms with van der Waals surface area (Å²) in [6.07, 6.45) is 3.35. The maximum Gasteiger partial charge on any atom is 0.258 e. The van der Waals surface area contributed by atoms with Gasteiger partial charge in [-0.25, -0.2) is 0 Å². The summed E-state index contributed by atoms with van der Waals surface area (Å²) in [7, 11) is 0. The van der Waals surface area contributed by atoms with Crippen molar-refractivity contribution in [3.8, 4) is 22.8 Å². The number of hydrogen-bond donors (Lipinski definition) is 0. The molecular weight excluding hydrogens is 250 g/mol. The van der Waals surface area contributed by atoms with Crippen molar-refractivity contribution in [2.75, 3.05) is 0 Å². The van der Waals surface area contributed by atoms with Crippen LogP contribution in [-0.4, -0.2) is 15.1 Å². The van der Waals surface area contributed by atoms with Crippen LogP contribution in [0.1, 0.15) is 0 Å². The van der Waals surface area contributed by atoms with Crippen LogP contribution in [0.3, 0.4) is 0 Å². The highest BCUT2D eigenvalue weighted by Gasteiger charge is 2.12. The molecule has 0 saturated carbocycles. The molecule has 0 radical (unpaired) electrons. The van der Waals surface area contributed by atoms with Crippen LogP contribution < -0.4 is 0 Å². The Bertz CT molecular complexity index is 667. The molecule has 88 valence electrons. The summed E-state index contributed by atoms with van der Waals surface area (Å²) in [5.74, 6) is 0.930. The summed E-state index contributed by atoms with van der Waals surface area (Å²) >= 11 is 6.08. The molecule has 0 N–H and O–H groups in total. The Labute approximate surface area is 108 Å². The van der Waals surface area contributed by atoms with Crippen LogP contribution in [-0.2, 0) is 0 Å². The van der Waals surface area contributed by atoms with E-state index in [1.165, 1.54) is 0 Å². The lowest BCUT2D eigenvalue weighted by molar-refractivity contribution is 0.432. The summed E-state index contributed by atoms with van der Waals surface area (Å²) in [6.45, 7) is 0. The molecule has 0 bridgehead atoms. The number of aromatic nitrogens is 3. The van der Waals surface area contributed by atoms with Crippen LogP contribution in [0.5, 0.6) is 0 Å². The zero-order valence-electron chi connectivity index (χ0n) is 9.25. The summed E-state index contributed by atoms with van der Waals surface area (Å²) < 4.78 is 5.21. The van der Waals surface area contributed by atoms with E-state index in [4.69, 9.17) is 16.1 Å². The van der Waals surface area contributed by atoms with Crippen molar-refractivity contribution in [1.29, 1.82) is 0 Å². The first-order valence-corrected chi connectivity index (χ1v) is 5.71. The molecule has 0 aliphatic carbocycles. The minimum atomic E-state index is 0.451. The molecule has 2 heterocycles.